The van der Waals surface area contributed by atoms with E-state index in [1.54, 1.807) is 49.6 Å². The number of nitrogens with one attached hydrogen (secondary N) is 1. The van der Waals surface area contributed by atoms with Gasteiger partial charge in [0.05, 0.1) is 31.8 Å². The molecule has 9 heteroatoms. The fourth-order valence-electron chi connectivity index (χ4n) is 3.24. The Hall–Kier alpha value is -2.46. The molecule has 8 nitrogen and oxygen atoms in total. The minimum atomic E-state index is -3.53. The van der Waals surface area contributed by atoms with Crippen LogP contribution in [0.4, 0.5) is 0 Å². The van der Waals surface area contributed by atoms with Crippen LogP contribution in [0.15, 0.2) is 47.4 Å². The summed E-state index contributed by atoms with van der Waals surface area (Å²) in [7, 11) is -1.95. The quantitative estimate of drug-likeness (QED) is 0.632. The van der Waals surface area contributed by atoms with Gasteiger partial charge in [-0.3, -0.25) is 4.79 Å². The number of amides is 1. The van der Waals surface area contributed by atoms with Crippen molar-refractivity contribution in [2.24, 2.45) is 0 Å². The van der Waals surface area contributed by atoms with Crippen molar-refractivity contribution in [3.05, 3.63) is 59.2 Å². The zero-order valence-electron chi connectivity index (χ0n) is 17.8. The van der Waals surface area contributed by atoms with Gasteiger partial charge in [0.1, 0.15) is 5.75 Å². The first-order valence-corrected chi connectivity index (χ1v) is 11.6. The van der Waals surface area contributed by atoms with Crippen LogP contribution in [0.1, 0.15) is 28.4 Å². The van der Waals surface area contributed by atoms with Crippen molar-refractivity contribution in [3.63, 3.8) is 0 Å². The number of carbonyl (C=O) groups excluding carboxylic acids is 1. The summed E-state index contributed by atoms with van der Waals surface area (Å²) in [6, 6.07) is 11.8. The third-order valence-corrected chi connectivity index (χ3v) is 6.90. The van der Waals surface area contributed by atoms with Crippen molar-refractivity contribution in [2.75, 3.05) is 40.0 Å². The van der Waals surface area contributed by atoms with Gasteiger partial charge in [0, 0.05) is 37.4 Å². The van der Waals surface area contributed by atoms with Crippen LogP contribution in [-0.2, 0) is 32.6 Å². The molecule has 0 unspecified atom stereocenters. The minimum Gasteiger partial charge on any atom is -0.496 e. The molecule has 0 radical (unpaired) electrons. The van der Waals surface area contributed by atoms with E-state index in [2.05, 4.69) is 5.32 Å². The van der Waals surface area contributed by atoms with Gasteiger partial charge in [-0.25, -0.2) is 8.42 Å². The SMILES string of the molecule is CCOCc1cc(C(=O)NCc2ccc(S(=O)(=O)N3CCOCC3)cc2)ccc1OC. The number of carbonyl (C=O) groups is 1. The highest BCUT2D eigenvalue weighted by Crippen LogP contribution is 2.21. The summed E-state index contributed by atoms with van der Waals surface area (Å²) in [4.78, 5) is 12.8. The number of benzene rings is 2. The predicted octanol–water partition coefficient (Wildman–Crippen LogP) is 2.18. The van der Waals surface area contributed by atoms with E-state index in [4.69, 9.17) is 14.2 Å². The van der Waals surface area contributed by atoms with Crippen LogP contribution in [0.25, 0.3) is 0 Å². The highest BCUT2D eigenvalue weighted by atomic mass is 32.2. The van der Waals surface area contributed by atoms with Gasteiger partial charge in [0.2, 0.25) is 10.0 Å². The van der Waals surface area contributed by atoms with Gasteiger partial charge in [-0.1, -0.05) is 12.1 Å². The van der Waals surface area contributed by atoms with Gasteiger partial charge in [-0.05, 0) is 42.8 Å². The average molecular weight is 449 g/mol. The van der Waals surface area contributed by atoms with E-state index in [1.165, 1.54) is 4.31 Å². The Labute approximate surface area is 183 Å². The molecule has 3 rings (SSSR count). The molecule has 31 heavy (non-hydrogen) atoms. The van der Waals surface area contributed by atoms with Crippen molar-refractivity contribution in [2.45, 2.75) is 25.0 Å². The lowest BCUT2D eigenvalue weighted by Crippen LogP contribution is -2.40. The van der Waals surface area contributed by atoms with Gasteiger partial charge in [0.25, 0.3) is 5.91 Å². The lowest BCUT2D eigenvalue weighted by atomic mass is 10.1. The topological polar surface area (TPSA) is 94.2 Å². The van der Waals surface area contributed by atoms with Gasteiger partial charge in [0.15, 0.2) is 0 Å². The van der Waals surface area contributed by atoms with Gasteiger partial charge in [-0.15, -0.1) is 0 Å². The number of rotatable bonds is 9. The molecule has 2 aromatic rings. The monoisotopic (exact) mass is 448 g/mol. The number of nitrogens with zero attached hydrogens (tertiary/aromatic N) is 1. The van der Waals surface area contributed by atoms with Crippen molar-refractivity contribution < 1.29 is 27.4 Å². The molecule has 1 aliphatic rings. The van der Waals surface area contributed by atoms with Crippen LogP contribution in [0.2, 0.25) is 0 Å². The van der Waals surface area contributed by atoms with E-state index in [0.717, 1.165) is 11.1 Å². The first-order valence-electron chi connectivity index (χ1n) is 10.2. The summed E-state index contributed by atoms with van der Waals surface area (Å²) in [5, 5.41) is 2.86. The molecule has 1 fully saturated rings. The maximum atomic E-state index is 12.7. The molecule has 0 saturated carbocycles. The second kappa shape index (κ2) is 10.7. The Balaban J connectivity index is 1.63. The normalized spacial score (nSPS) is 14.9. The molecule has 0 aliphatic carbocycles. The van der Waals surface area contributed by atoms with E-state index >= 15 is 0 Å². The molecule has 1 N–H and O–H groups in total. The van der Waals surface area contributed by atoms with Gasteiger partial charge >= 0.3 is 0 Å². The van der Waals surface area contributed by atoms with Crippen LogP contribution in [-0.4, -0.2) is 58.7 Å². The lowest BCUT2D eigenvalue weighted by Gasteiger charge is -2.26. The summed E-state index contributed by atoms with van der Waals surface area (Å²) in [5.41, 5.74) is 2.11. The highest BCUT2D eigenvalue weighted by Gasteiger charge is 2.26. The molecule has 168 valence electrons. The number of sulfonamides is 1. The van der Waals surface area contributed by atoms with E-state index in [1.807, 2.05) is 6.92 Å². The molecule has 1 amide bonds. The van der Waals surface area contributed by atoms with E-state index < -0.39 is 10.0 Å². The maximum absolute atomic E-state index is 12.7. The van der Waals surface area contributed by atoms with Crippen LogP contribution < -0.4 is 10.1 Å². The fraction of sp³-hybridized carbons (Fsp3) is 0.409. The third-order valence-electron chi connectivity index (χ3n) is 4.99. The van der Waals surface area contributed by atoms with Crippen molar-refractivity contribution in [3.8, 4) is 5.75 Å². The Morgan fingerprint density at radius 1 is 1.13 bits per heavy atom. The molecule has 1 saturated heterocycles. The Morgan fingerprint density at radius 2 is 1.84 bits per heavy atom. The summed E-state index contributed by atoms with van der Waals surface area (Å²) < 4.78 is 42.8. The molecule has 0 aromatic heterocycles. The molecule has 1 aliphatic heterocycles. The first-order chi connectivity index (χ1) is 15.0. The van der Waals surface area contributed by atoms with Crippen molar-refractivity contribution in [1.29, 1.82) is 0 Å². The molecule has 2 aromatic carbocycles. The van der Waals surface area contributed by atoms with E-state index in [0.29, 0.717) is 50.8 Å². The number of ether oxygens (including phenoxy) is 3. The van der Waals surface area contributed by atoms with Crippen LogP contribution in [0.3, 0.4) is 0 Å². The number of hydrogen-bond donors (Lipinski definition) is 1. The predicted molar refractivity (Wildman–Crippen MR) is 116 cm³/mol. The minimum absolute atomic E-state index is 0.231. The zero-order chi connectivity index (χ0) is 22.3. The maximum Gasteiger partial charge on any atom is 0.251 e. The molecule has 0 atom stereocenters. The second-order valence-corrected chi connectivity index (χ2v) is 8.94. The van der Waals surface area contributed by atoms with Gasteiger partial charge < -0.3 is 19.5 Å². The van der Waals surface area contributed by atoms with Crippen molar-refractivity contribution in [1.82, 2.24) is 9.62 Å². The third kappa shape index (κ3) is 5.82. The van der Waals surface area contributed by atoms with Crippen LogP contribution >= 0.6 is 0 Å². The smallest absolute Gasteiger partial charge is 0.251 e. The Kier molecular flexibility index (Phi) is 8.03. The summed E-state index contributed by atoms with van der Waals surface area (Å²) in [5.74, 6) is 0.437. The lowest BCUT2D eigenvalue weighted by molar-refractivity contribution is 0.0730. The summed E-state index contributed by atoms with van der Waals surface area (Å²) in [6.45, 7) is 4.63. The van der Waals surface area contributed by atoms with E-state index in [-0.39, 0.29) is 17.3 Å². The van der Waals surface area contributed by atoms with Crippen molar-refractivity contribution >= 4 is 15.9 Å². The average Bonchev–Trinajstić information content (AvgIpc) is 2.81. The molecule has 0 spiro atoms. The van der Waals surface area contributed by atoms with E-state index in [9.17, 15) is 13.2 Å². The zero-order valence-corrected chi connectivity index (χ0v) is 18.6. The first kappa shape index (κ1) is 23.2. The second-order valence-electron chi connectivity index (χ2n) is 7.01. The summed E-state index contributed by atoms with van der Waals surface area (Å²) >= 11 is 0. The molecule has 0 bridgehead atoms. The number of methoxy groups -OCH3 is 1. The van der Waals surface area contributed by atoms with Crippen LogP contribution in [0.5, 0.6) is 5.75 Å². The Bertz CT molecular complexity index is 986. The summed E-state index contributed by atoms with van der Waals surface area (Å²) in [6.07, 6.45) is 0. The van der Waals surface area contributed by atoms with Crippen LogP contribution in [0, 0.1) is 0 Å². The molecular formula is C22H28N2O6S. The van der Waals surface area contributed by atoms with Gasteiger partial charge in [-0.2, -0.15) is 4.31 Å². The Morgan fingerprint density at radius 3 is 2.48 bits per heavy atom. The largest absolute Gasteiger partial charge is 0.496 e. The fourth-order valence-corrected chi connectivity index (χ4v) is 4.65. The number of morpholine rings is 1. The molecular weight excluding hydrogens is 420 g/mol. The standard InChI is InChI=1S/C22H28N2O6S/c1-3-29-16-19-14-18(6-9-21(19)28-2)22(25)23-15-17-4-7-20(8-5-17)31(26,27)24-10-12-30-13-11-24/h4-9,14H,3,10-13,15-16H2,1-2H3,(H,23,25). The molecule has 1 heterocycles. The number of hydrogen-bond acceptors (Lipinski definition) is 6. The highest BCUT2D eigenvalue weighted by molar-refractivity contribution is 7.89.